The first kappa shape index (κ1) is 13.4. The predicted molar refractivity (Wildman–Crippen MR) is 63.1 cm³/mol. The van der Waals surface area contributed by atoms with E-state index in [2.05, 4.69) is 15.5 Å². The molecule has 0 aliphatic rings. The van der Waals surface area contributed by atoms with Gasteiger partial charge in [-0.2, -0.15) is 0 Å². The zero-order chi connectivity index (χ0) is 13.0. The highest BCUT2D eigenvalue weighted by molar-refractivity contribution is 7.15. The summed E-state index contributed by atoms with van der Waals surface area (Å²) in [5.74, 6) is -1.54. The van der Waals surface area contributed by atoms with Gasteiger partial charge in [0.25, 0.3) is 0 Å². The Hall–Kier alpha value is -1.70. The van der Waals surface area contributed by atoms with Crippen molar-refractivity contribution in [2.24, 2.45) is 5.92 Å². The smallest absolute Gasteiger partial charge is 0.323 e. The van der Waals surface area contributed by atoms with Crippen LogP contribution in [-0.4, -0.2) is 45.8 Å². The van der Waals surface area contributed by atoms with Crippen molar-refractivity contribution in [1.82, 2.24) is 15.1 Å². The van der Waals surface area contributed by atoms with Gasteiger partial charge in [0.2, 0.25) is 5.13 Å². The molecule has 0 aliphatic carbocycles. The molecule has 0 saturated carbocycles. The number of hydrogen-bond acceptors (Lipinski definition) is 5. The topological polar surface area (TPSA) is 95.4 Å². The molecule has 8 heteroatoms. The van der Waals surface area contributed by atoms with Gasteiger partial charge in [-0.3, -0.25) is 10.1 Å². The Bertz CT molecular complexity index is 420. The highest BCUT2D eigenvalue weighted by atomic mass is 32.1. The van der Waals surface area contributed by atoms with Crippen LogP contribution in [0, 0.1) is 12.8 Å². The van der Waals surface area contributed by atoms with Crippen molar-refractivity contribution < 1.29 is 14.7 Å². The van der Waals surface area contributed by atoms with Gasteiger partial charge in [0.1, 0.15) is 5.01 Å². The van der Waals surface area contributed by atoms with E-state index in [1.54, 1.807) is 13.8 Å². The van der Waals surface area contributed by atoms with Crippen molar-refractivity contribution in [3.63, 3.8) is 0 Å². The van der Waals surface area contributed by atoms with E-state index in [-0.39, 0.29) is 6.54 Å². The largest absolute Gasteiger partial charge is 0.481 e. The van der Waals surface area contributed by atoms with Crippen molar-refractivity contribution in [1.29, 1.82) is 0 Å². The minimum absolute atomic E-state index is 0.138. The molecular formula is C9H14N4O3S. The van der Waals surface area contributed by atoms with E-state index < -0.39 is 17.9 Å². The molecule has 0 aromatic carbocycles. The maximum absolute atomic E-state index is 11.6. The number of anilines is 1. The number of carboxylic acid groups (broad SMARTS) is 1. The monoisotopic (exact) mass is 258 g/mol. The van der Waals surface area contributed by atoms with E-state index in [0.717, 1.165) is 5.01 Å². The molecule has 1 atom stereocenters. The van der Waals surface area contributed by atoms with Crippen molar-refractivity contribution in [2.45, 2.75) is 13.8 Å². The zero-order valence-corrected chi connectivity index (χ0v) is 10.6. The zero-order valence-electron chi connectivity index (χ0n) is 9.80. The molecule has 0 bridgehead atoms. The van der Waals surface area contributed by atoms with E-state index in [4.69, 9.17) is 5.11 Å². The van der Waals surface area contributed by atoms with Gasteiger partial charge < -0.3 is 10.0 Å². The lowest BCUT2D eigenvalue weighted by molar-refractivity contribution is -0.141. The fourth-order valence-corrected chi connectivity index (χ4v) is 1.69. The summed E-state index contributed by atoms with van der Waals surface area (Å²) >= 11 is 1.26. The summed E-state index contributed by atoms with van der Waals surface area (Å²) in [4.78, 5) is 23.6. The average Bonchev–Trinajstić information content (AvgIpc) is 2.63. The minimum Gasteiger partial charge on any atom is -0.481 e. The van der Waals surface area contributed by atoms with Crippen LogP contribution >= 0.6 is 11.3 Å². The summed E-state index contributed by atoms with van der Waals surface area (Å²) in [5, 5.41) is 19.9. The lowest BCUT2D eigenvalue weighted by Gasteiger charge is -2.18. The molecule has 1 heterocycles. The van der Waals surface area contributed by atoms with Gasteiger partial charge in [-0.1, -0.05) is 18.3 Å². The van der Waals surface area contributed by atoms with Crippen molar-refractivity contribution in [3.8, 4) is 0 Å². The maximum Gasteiger partial charge on any atom is 0.323 e. The molecule has 2 N–H and O–H groups in total. The van der Waals surface area contributed by atoms with Crippen LogP contribution in [0.2, 0.25) is 0 Å². The fourth-order valence-electron chi connectivity index (χ4n) is 1.11. The third-order valence-corrected chi connectivity index (χ3v) is 2.81. The Morgan fingerprint density at radius 3 is 2.65 bits per heavy atom. The molecule has 7 nitrogen and oxygen atoms in total. The van der Waals surface area contributed by atoms with E-state index in [0.29, 0.717) is 5.13 Å². The highest BCUT2D eigenvalue weighted by Crippen LogP contribution is 2.14. The van der Waals surface area contributed by atoms with Crippen LogP contribution in [0.3, 0.4) is 0 Å². The first-order chi connectivity index (χ1) is 7.90. The number of amides is 2. The number of carbonyl (C=O) groups is 2. The Morgan fingerprint density at radius 1 is 1.53 bits per heavy atom. The quantitative estimate of drug-likeness (QED) is 0.841. The standard InChI is InChI=1S/C9H14N4O3S/c1-5(7(14)15)4-13(3)9(16)10-8-12-11-6(2)17-8/h5H,4H2,1-3H3,(H,14,15)(H,10,12,16). The first-order valence-electron chi connectivity index (χ1n) is 4.95. The normalized spacial score (nSPS) is 11.9. The lowest BCUT2D eigenvalue weighted by Crippen LogP contribution is -2.36. The Morgan fingerprint density at radius 2 is 2.18 bits per heavy atom. The fraction of sp³-hybridized carbons (Fsp3) is 0.556. The maximum atomic E-state index is 11.6. The Balaban J connectivity index is 2.50. The lowest BCUT2D eigenvalue weighted by atomic mass is 10.2. The van der Waals surface area contributed by atoms with Crippen LogP contribution in [0.1, 0.15) is 11.9 Å². The van der Waals surface area contributed by atoms with Gasteiger partial charge in [0, 0.05) is 13.6 Å². The number of carboxylic acids is 1. The van der Waals surface area contributed by atoms with Crippen LogP contribution in [0.5, 0.6) is 0 Å². The molecule has 1 aromatic rings. The summed E-state index contributed by atoms with van der Waals surface area (Å²) in [5.41, 5.74) is 0. The van der Waals surface area contributed by atoms with Crippen molar-refractivity contribution in [3.05, 3.63) is 5.01 Å². The second-order valence-electron chi connectivity index (χ2n) is 3.68. The summed E-state index contributed by atoms with van der Waals surface area (Å²) in [7, 11) is 1.53. The molecule has 17 heavy (non-hydrogen) atoms. The summed E-state index contributed by atoms with van der Waals surface area (Å²) in [6.45, 7) is 3.46. The van der Waals surface area contributed by atoms with Gasteiger partial charge >= 0.3 is 12.0 Å². The van der Waals surface area contributed by atoms with Crippen LogP contribution < -0.4 is 5.32 Å². The molecule has 1 unspecified atom stereocenters. The number of aliphatic carboxylic acids is 1. The van der Waals surface area contributed by atoms with Crippen molar-refractivity contribution in [2.75, 3.05) is 18.9 Å². The number of aryl methyl sites for hydroxylation is 1. The summed E-state index contributed by atoms with van der Waals surface area (Å²) in [6.07, 6.45) is 0. The molecule has 1 aromatic heterocycles. The Kier molecular flexibility index (Phi) is 4.38. The third-order valence-electron chi connectivity index (χ3n) is 2.06. The van der Waals surface area contributed by atoms with Crippen LogP contribution in [0.25, 0.3) is 0 Å². The molecule has 94 valence electrons. The van der Waals surface area contributed by atoms with Gasteiger partial charge in [-0.25, -0.2) is 4.79 Å². The number of rotatable bonds is 4. The molecule has 1 rings (SSSR count). The van der Waals surface area contributed by atoms with Gasteiger partial charge in [-0.05, 0) is 6.92 Å². The number of aromatic nitrogens is 2. The molecule has 0 fully saturated rings. The number of nitrogens with one attached hydrogen (secondary N) is 1. The Labute approximate surface area is 102 Å². The number of carbonyl (C=O) groups excluding carboxylic acids is 1. The van der Waals surface area contributed by atoms with E-state index in [9.17, 15) is 9.59 Å². The van der Waals surface area contributed by atoms with Gasteiger partial charge in [-0.15, -0.1) is 10.2 Å². The molecule has 0 saturated heterocycles. The van der Waals surface area contributed by atoms with Crippen LogP contribution in [-0.2, 0) is 4.79 Å². The molecule has 0 radical (unpaired) electrons. The predicted octanol–water partition coefficient (Wildman–Crippen LogP) is 1.03. The van der Waals surface area contributed by atoms with Gasteiger partial charge in [0.05, 0.1) is 5.92 Å². The molecule has 0 aliphatic heterocycles. The van der Waals surface area contributed by atoms with E-state index in [1.165, 1.54) is 23.3 Å². The molecular weight excluding hydrogens is 244 g/mol. The minimum atomic E-state index is -0.934. The summed E-state index contributed by atoms with van der Waals surface area (Å²) in [6, 6.07) is -0.394. The third kappa shape index (κ3) is 3.99. The number of nitrogens with zero attached hydrogens (tertiary/aromatic N) is 3. The molecule has 0 spiro atoms. The van der Waals surface area contributed by atoms with Crippen LogP contribution in [0.4, 0.5) is 9.93 Å². The van der Waals surface area contributed by atoms with E-state index >= 15 is 0 Å². The van der Waals surface area contributed by atoms with Crippen LogP contribution in [0.15, 0.2) is 0 Å². The highest BCUT2D eigenvalue weighted by Gasteiger charge is 2.18. The van der Waals surface area contributed by atoms with Gasteiger partial charge in [0.15, 0.2) is 0 Å². The second kappa shape index (κ2) is 5.58. The number of urea groups is 1. The first-order valence-corrected chi connectivity index (χ1v) is 5.77. The number of hydrogen-bond donors (Lipinski definition) is 2. The van der Waals surface area contributed by atoms with Crippen molar-refractivity contribution >= 4 is 28.5 Å². The summed E-state index contributed by atoms with van der Waals surface area (Å²) < 4.78 is 0. The van der Waals surface area contributed by atoms with E-state index in [1.807, 2.05) is 0 Å². The SMILES string of the molecule is Cc1nnc(NC(=O)N(C)CC(C)C(=O)O)s1. The molecule has 2 amide bonds. The average molecular weight is 258 g/mol. The second-order valence-corrected chi connectivity index (χ2v) is 4.86.